The maximum Gasteiger partial charge on any atom is 0.269 e. The third-order valence-corrected chi connectivity index (χ3v) is 8.61. The van der Waals surface area contributed by atoms with Crippen molar-refractivity contribution in [3.63, 3.8) is 0 Å². The summed E-state index contributed by atoms with van der Waals surface area (Å²) in [7, 11) is 0. The fraction of sp³-hybridized carbons (Fsp3) is 0.0667. The van der Waals surface area contributed by atoms with Crippen molar-refractivity contribution in [2.24, 2.45) is 0 Å². The van der Waals surface area contributed by atoms with Crippen LogP contribution in [0, 0.1) is 10.1 Å². The molecule has 6 rings (SSSR count). The van der Waals surface area contributed by atoms with Crippen molar-refractivity contribution in [1.29, 1.82) is 0 Å². The Morgan fingerprint density at radius 1 is 0.825 bits per heavy atom. The zero-order chi connectivity index (χ0) is 27.5. The fourth-order valence-electron chi connectivity index (χ4n) is 4.52. The van der Waals surface area contributed by atoms with Gasteiger partial charge in [-0.05, 0) is 85.0 Å². The summed E-state index contributed by atoms with van der Waals surface area (Å²) in [5.41, 5.74) is 1.87. The largest absolute Gasteiger partial charge is 0.452 e. The van der Waals surface area contributed by atoms with Crippen LogP contribution in [-0.4, -0.2) is 15.0 Å². The predicted molar refractivity (Wildman–Crippen MR) is 161 cm³/mol. The third kappa shape index (κ3) is 5.60. The first-order chi connectivity index (χ1) is 19.5. The van der Waals surface area contributed by atoms with E-state index in [2.05, 4.69) is 27.3 Å². The molecule has 1 N–H and O–H groups in total. The first kappa shape index (κ1) is 26.1. The molecule has 1 fully saturated rings. The number of hydrogen-bond acceptors (Lipinski definition) is 7. The molecule has 0 bridgehead atoms. The monoisotopic (exact) mass is 582 g/mol. The van der Waals surface area contributed by atoms with E-state index in [0.717, 1.165) is 36.9 Å². The van der Waals surface area contributed by atoms with E-state index < -0.39 is 4.92 Å². The van der Waals surface area contributed by atoms with Crippen LogP contribution in [-0.2, 0) is 0 Å². The summed E-state index contributed by atoms with van der Waals surface area (Å²) in [6.07, 6.45) is 1.78. The Morgan fingerprint density at radius 3 is 2.17 bits per heavy atom. The first-order valence-electron chi connectivity index (χ1n) is 12.4. The Kier molecular flexibility index (Phi) is 7.54. The van der Waals surface area contributed by atoms with Gasteiger partial charge in [0, 0.05) is 38.7 Å². The molecule has 40 heavy (non-hydrogen) atoms. The van der Waals surface area contributed by atoms with Gasteiger partial charge in [-0.25, -0.2) is 0 Å². The second-order valence-electron chi connectivity index (χ2n) is 8.92. The number of hydrogen-bond donors (Lipinski definition) is 1. The van der Waals surface area contributed by atoms with Gasteiger partial charge in [-0.15, -0.1) is 0 Å². The van der Waals surface area contributed by atoms with Crippen molar-refractivity contribution in [2.75, 3.05) is 4.90 Å². The van der Waals surface area contributed by atoms with Crippen molar-refractivity contribution in [1.82, 2.24) is 10.3 Å². The first-order valence-corrected chi connectivity index (χ1v) is 14.4. The smallest absolute Gasteiger partial charge is 0.269 e. The highest BCUT2D eigenvalue weighted by Crippen LogP contribution is 2.44. The number of thiocarbonyl (C=S) groups is 1. The highest BCUT2D eigenvalue weighted by molar-refractivity contribution is 7.99. The lowest BCUT2D eigenvalue weighted by Gasteiger charge is -2.26. The van der Waals surface area contributed by atoms with Gasteiger partial charge in [-0.1, -0.05) is 47.8 Å². The number of nitrogens with zero attached hydrogens (tertiary/aromatic N) is 3. The molecule has 3 heterocycles. The topological polar surface area (TPSA) is 84.4 Å². The highest BCUT2D eigenvalue weighted by atomic mass is 32.2. The second-order valence-corrected chi connectivity index (χ2v) is 11.5. The van der Waals surface area contributed by atoms with Gasteiger partial charge in [0.1, 0.15) is 11.8 Å². The van der Waals surface area contributed by atoms with E-state index in [1.165, 1.54) is 23.9 Å². The molecule has 2 unspecified atom stereocenters. The molecule has 3 aromatic carbocycles. The van der Waals surface area contributed by atoms with Gasteiger partial charge < -0.3 is 14.6 Å². The van der Waals surface area contributed by atoms with Crippen LogP contribution in [0.1, 0.15) is 23.5 Å². The number of nitrogens with one attached hydrogen (secondary N) is 1. The Balaban J connectivity index is 1.29. The highest BCUT2D eigenvalue weighted by Gasteiger charge is 2.42. The molecule has 1 aliphatic heterocycles. The maximum absolute atomic E-state index is 11.0. The summed E-state index contributed by atoms with van der Waals surface area (Å²) in [4.78, 5) is 20.3. The van der Waals surface area contributed by atoms with E-state index in [4.69, 9.17) is 16.6 Å². The lowest BCUT2D eigenvalue weighted by atomic mass is 10.0. The Hall–Kier alpha value is -4.12. The average Bonchev–Trinajstić information content (AvgIpc) is 3.58. The number of benzene rings is 3. The Bertz CT molecular complexity index is 1630. The van der Waals surface area contributed by atoms with E-state index in [1.807, 2.05) is 72.8 Å². The lowest BCUT2D eigenvalue weighted by molar-refractivity contribution is -0.384. The molecule has 0 aliphatic carbocycles. The minimum atomic E-state index is -0.396. The molecule has 2 aromatic heterocycles. The predicted octanol–water partition coefficient (Wildman–Crippen LogP) is 8.06. The van der Waals surface area contributed by atoms with Crippen LogP contribution in [0.2, 0.25) is 0 Å². The van der Waals surface area contributed by atoms with Crippen LogP contribution >= 0.6 is 35.7 Å². The Morgan fingerprint density at radius 2 is 1.50 bits per heavy atom. The van der Waals surface area contributed by atoms with Gasteiger partial charge in [0.25, 0.3) is 5.69 Å². The molecule has 2 atom stereocenters. The van der Waals surface area contributed by atoms with E-state index in [-0.39, 0.29) is 17.8 Å². The van der Waals surface area contributed by atoms with Crippen LogP contribution < -0.4 is 10.2 Å². The van der Waals surface area contributed by atoms with Gasteiger partial charge in [-0.3, -0.25) is 15.1 Å². The van der Waals surface area contributed by atoms with Gasteiger partial charge in [0.2, 0.25) is 0 Å². The number of nitro benzene ring substituents is 1. The molecule has 0 spiro atoms. The number of rotatable bonds is 8. The molecule has 10 heteroatoms. The van der Waals surface area contributed by atoms with Crippen LogP contribution in [0.5, 0.6) is 0 Å². The number of non-ortho nitro benzene ring substituents is 1. The Labute approximate surface area is 244 Å². The zero-order valence-electron chi connectivity index (χ0n) is 20.9. The summed E-state index contributed by atoms with van der Waals surface area (Å²) < 4.78 is 6.39. The van der Waals surface area contributed by atoms with Crippen LogP contribution in [0.4, 0.5) is 11.4 Å². The quantitative estimate of drug-likeness (QED) is 0.111. The normalized spacial score (nSPS) is 16.6. The molecule has 198 valence electrons. The number of pyridine rings is 1. The maximum atomic E-state index is 11.0. The minimum Gasteiger partial charge on any atom is -0.452 e. The molecular weight excluding hydrogens is 561 g/mol. The van der Waals surface area contributed by atoms with E-state index in [9.17, 15) is 10.1 Å². The molecule has 0 saturated carbocycles. The summed E-state index contributed by atoms with van der Waals surface area (Å²) in [6.45, 7) is 0. The van der Waals surface area contributed by atoms with E-state index in [1.54, 1.807) is 30.1 Å². The summed E-state index contributed by atoms with van der Waals surface area (Å²) >= 11 is 8.95. The fourth-order valence-corrected chi connectivity index (χ4v) is 6.48. The summed E-state index contributed by atoms with van der Waals surface area (Å²) in [5, 5.41) is 15.8. The van der Waals surface area contributed by atoms with E-state index >= 15 is 0 Å². The number of anilines is 1. The molecular formula is C30H22N4O3S3. The van der Waals surface area contributed by atoms with Gasteiger partial charge in [0.15, 0.2) is 10.2 Å². The molecule has 1 aliphatic rings. The molecule has 1 saturated heterocycles. The molecule has 0 amide bonds. The van der Waals surface area contributed by atoms with Crippen LogP contribution in [0.3, 0.4) is 0 Å². The third-order valence-electron chi connectivity index (χ3n) is 6.35. The standard InChI is InChI=1S/C30H22N4O3S3/c35-34(36)21-11-15-24(16-12-21)39-23-13-9-20(10-14-23)33-29(28(32-30(33)38)25-8-4-5-19-31-25)26-17-18-27(37-26)40-22-6-2-1-3-7-22/h1-19,28-29H,(H,32,38). The van der Waals surface area contributed by atoms with Gasteiger partial charge in [-0.2, -0.15) is 0 Å². The average molecular weight is 583 g/mol. The number of aromatic nitrogens is 1. The SMILES string of the molecule is O=[N+]([O-])c1ccc(Sc2ccc(N3C(=S)NC(c4ccccn4)C3c3ccc(Sc4ccccc4)o3)cc2)cc1. The van der Waals surface area contributed by atoms with Crippen molar-refractivity contribution in [3.05, 3.63) is 137 Å². The summed E-state index contributed by atoms with van der Waals surface area (Å²) in [6, 6.07) is 34.2. The van der Waals surface area contributed by atoms with E-state index in [0.29, 0.717) is 5.11 Å². The summed E-state index contributed by atoms with van der Waals surface area (Å²) in [5.74, 6) is 0.783. The van der Waals surface area contributed by atoms with Gasteiger partial charge >= 0.3 is 0 Å². The molecule has 7 nitrogen and oxygen atoms in total. The van der Waals surface area contributed by atoms with Crippen LogP contribution in [0.15, 0.2) is 140 Å². The van der Waals surface area contributed by atoms with Crippen molar-refractivity contribution >= 4 is 52.2 Å². The lowest BCUT2D eigenvalue weighted by Crippen LogP contribution is -2.29. The molecule has 0 radical (unpaired) electrons. The van der Waals surface area contributed by atoms with Crippen molar-refractivity contribution in [3.8, 4) is 0 Å². The van der Waals surface area contributed by atoms with Crippen molar-refractivity contribution in [2.45, 2.75) is 31.9 Å². The zero-order valence-corrected chi connectivity index (χ0v) is 23.4. The van der Waals surface area contributed by atoms with Gasteiger partial charge in [0.05, 0.1) is 16.7 Å². The number of nitro groups is 1. The number of furan rings is 1. The van der Waals surface area contributed by atoms with Crippen LogP contribution in [0.25, 0.3) is 0 Å². The second kappa shape index (κ2) is 11.5. The van der Waals surface area contributed by atoms with Crippen molar-refractivity contribution < 1.29 is 9.34 Å². The minimum absolute atomic E-state index is 0.0755. The molecule has 5 aromatic rings.